The molecule has 8 heteroatoms. The van der Waals surface area contributed by atoms with Crippen LogP contribution in [0.15, 0.2) is 24.3 Å². The summed E-state index contributed by atoms with van der Waals surface area (Å²) in [6.07, 6.45) is 4.80. The second-order valence-electron chi connectivity index (χ2n) is 9.81. The van der Waals surface area contributed by atoms with Crippen molar-refractivity contribution in [3.63, 3.8) is 0 Å². The maximum absolute atomic E-state index is 13.6. The molecule has 3 fully saturated rings. The van der Waals surface area contributed by atoms with E-state index >= 15 is 0 Å². The Hall–Kier alpha value is -2.38. The minimum Gasteiger partial charge on any atom is -0.342 e. The molecule has 3 aliphatic carbocycles. The number of rotatable bonds is 2. The normalized spacial score (nSPS) is 29.4. The Labute approximate surface area is 178 Å². The number of amides is 1. The molecule has 1 aliphatic heterocycles. The molecule has 0 N–H and O–H groups in total. The minimum atomic E-state index is -4.50. The van der Waals surface area contributed by atoms with Crippen LogP contribution in [-0.2, 0) is 11.0 Å². The largest absolute Gasteiger partial charge is 0.433 e. The molecule has 0 aromatic carbocycles. The van der Waals surface area contributed by atoms with Gasteiger partial charge in [0.05, 0.1) is 5.69 Å². The van der Waals surface area contributed by atoms with Gasteiger partial charge in [-0.25, -0.2) is 9.50 Å². The number of nitrogens with zero attached hydrogens (tertiary/aromatic N) is 4. The summed E-state index contributed by atoms with van der Waals surface area (Å²) in [5, 5.41) is 3.96. The number of hydrogen-bond donors (Lipinski definition) is 0. The number of halogens is 3. The second-order valence-corrected chi connectivity index (χ2v) is 9.81. The summed E-state index contributed by atoms with van der Waals surface area (Å²) in [6.45, 7) is 2.83. The van der Waals surface area contributed by atoms with Crippen LogP contribution >= 0.6 is 0 Å². The van der Waals surface area contributed by atoms with Crippen LogP contribution in [0.5, 0.6) is 0 Å². The molecule has 5 nitrogen and oxygen atoms in total. The first-order chi connectivity index (χ1) is 14.8. The number of carbonyl (C=O) groups is 1. The zero-order valence-corrected chi connectivity index (χ0v) is 17.4. The van der Waals surface area contributed by atoms with Gasteiger partial charge in [-0.15, -0.1) is 0 Å². The van der Waals surface area contributed by atoms with E-state index in [-0.39, 0.29) is 23.4 Å². The predicted molar refractivity (Wildman–Crippen MR) is 107 cm³/mol. The lowest BCUT2D eigenvalue weighted by Gasteiger charge is -2.35. The monoisotopic (exact) mass is 430 g/mol. The van der Waals surface area contributed by atoms with E-state index in [2.05, 4.69) is 22.2 Å². The highest BCUT2D eigenvalue weighted by Gasteiger charge is 2.64. The van der Waals surface area contributed by atoms with Crippen molar-refractivity contribution >= 4 is 11.6 Å². The zero-order chi connectivity index (χ0) is 21.5. The van der Waals surface area contributed by atoms with Crippen molar-refractivity contribution in [1.29, 1.82) is 0 Å². The summed E-state index contributed by atoms with van der Waals surface area (Å²) in [6, 6.07) is 2.72. The number of alkyl halides is 3. The third-order valence-electron chi connectivity index (χ3n) is 8.12. The van der Waals surface area contributed by atoms with Gasteiger partial charge in [0.1, 0.15) is 5.69 Å². The summed E-state index contributed by atoms with van der Waals surface area (Å²) in [4.78, 5) is 19.7. The van der Waals surface area contributed by atoms with Crippen molar-refractivity contribution in [1.82, 2.24) is 19.5 Å². The Kier molecular flexibility index (Phi) is 3.94. The van der Waals surface area contributed by atoms with E-state index in [0.29, 0.717) is 54.6 Å². The molecule has 2 aromatic rings. The summed E-state index contributed by atoms with van der Waals surface area (Å²) in [7, 11) is 0. The van der Waals surface area contributed by atoms with Crippen LogP contribution < -0.4 is 0 Å². The first-order valence-electron chi connectivity index (χ1n) is 11.2. The van der Waals surface area contributed by atoms with Crippen molar-refractivity contribution in [3.8, 4) is 0 Å². The Morgan fingerprint density at radius 2 is 1.90 bits per heavy atom. The van der Waals surface area contributed by atoms with Gasteiger partial charge in [-0.3, -0.25) is 4.79 Å². The quantitative estimate of drug-likeness (QED) is 0.665. The highest BCUT2D eigenvalue weighted by Crippen LogP contribution is 2.70. The van der Waals surface area contributed by atoms with Crippen molar-refractivity contribution < 1.29 is 18.0 Å². The fraction of sp³-hybridized carbons (Fsp3) is 0.609. The number of hydrogen-bond acceptors (Lipinski definition) is 3. The van der Waals surface area contributed by atoms with Crippen LogP contribution in [-0.4, -0.2) is 38.5 Å². The van der Waals surface area contributed by atoms with Crippen molar-refractivity contribution in [2.45, 2.75) is 51.1 Å². The number of aromatic nitrogens is 3. The molecule has 1 amide bonds. The Morgan fingerprint density at radius 3 is 2.55 bits per heavy atom. The van der Waals surface area contributed by atoms with Gasteiger partial charge in [0.15, 0.2) is 5.65 Å². The van der Waals surface area contributed by atoms with Gasteiger partial charge in [0, 0.05) is 36.7 Å². The van der Waals surface area contributed by atoms with Crippen LogP contribution in [0.4, 0.5) is 13.2 Å². The van der Waals surface area contributed by atoms with Crippen LogP contribution in [0, 0.1) is 30.1 Å². The summed E-state index contributed by atoms with van der Waals surface area (Å²) in [5.41, 5.74) is 0.775. The molecule has 2 saturated carbocycles. The number of likely N-dealkylation sites (tertiary alicyclic amines) is 1. The van der Waals surface area contributed by atoms with E-state index in [1.165, 1.54) is 12.8 Å². The van der Waals surface area contributed by atoms with E-state index in [9.17, 15) is 18.0 Å². The second kappa shape index (κ2) is 6.33. The Bertz CT molecular complexity index is 1090. The van der Waals surface area contributed by atoms with E-state index in [4.69, 9.17) is 0 Å². The van der Waals surface area contributed by atoms with E-state index < -0.39 is 11.9 Å². The molecule has 1 saturated heterocycles. The molecule has 0 radical (unpaired) electrons. The average molecular weight is 430 g/mol. The minimum absolute atomic E-state index is 0.0833. The zero-order valence-electron chi connectivity index (χ0n) is 17.4. The Morgan fingerprint density at radius 1 is 1.16 bits per heavy atom. The molecule has 3 atom stereocenters. The predicted octanol–water partition coefficient (Wildman–Crippen LogP) is 4.36. The third kappa shape index (κ3) is 2.86. The van der Waals surface area contributed by atoms with Crippen LogP contribution in [0.25, 0.3) is 5.65 Å². The molecule has 3 heterocycles. The average Bonchev–Trinajstić information content (AvgIpc) is 3.24. The Balaban J connectivity index is 1.19. The maximum Gasteiger partial charge on any atom is 0.433 e. The van der Waals surface area contributed by atoms with Gasteiger partial charge in [-0.2, -0.15) is 18.3 Å². The first kappa shape index (κ1) is 19.3. The molecule has 2 bridgehead atoms. The van der Waals surface area contributed by atoms with Gasteiger partial charge >= 0.3 is 6.18 Å². The van der Waals surface area contributed by atoms with Crippen molar-refractivity contribution in [2.24, 2.45) is 23.2 Å². The highest BCUT2D eigenvalue weighted by molar-refractivity contribution is 5.80. The van der Waals surface area contributed by atoms with Crippen molar-refractivity contribution in [3.05, 3.63) is 41.4 Å². The van der Waals surface area contributed by atoms with Crippen LogP contribution in [0.1, 0.15) is 55.1 Å². The molecule has 164 valence electrons. The topological polar surface area (TPSA) is 50.5 Å². The molecular weight excluding hydrogens is 405 g/mol. The maximum atomic E-state index is 13.6. The van der Waals surface area contributed by atoms with Crippen LogP contribution in [0.3, 0.4) is 0 Å². The lowest BCUT2D eigenvalue weighted by atomic mass is 9.86. The summed E-state index contributed by atoms with van der Waals surface area (Å²) in [5.74, 6) is 1.22. The van der Waals surface area contributed by atoms with Gasteiger partial charge < -0.3 is 4.90 Å². The van der Waals surface area contributed by atoms with Gasteiger partial charge in [0.2, 0.25) is 5.91 Å². The standard InChI is InChI=1S/C23H25F3N4O/c1-13-10-20-27-18(12-19(23(24,25)26)30(20)28-13)14-4-8-29(9-5-14)21(31)16-11-15-2-3-17(16)22(15)6-7-22/h2-3,10,12,14-17H,4-9,11H2,1H3/t15-,16-,17-/m1/s1. The molecular formula is C23H25F3N4O. The third-order valence-corrected chi connectivity index (χ3v) is 8.12. The molecule has 31 heavy (non-hydrogen) atoms. The van der Waals surface area contributed by atoms with E-state index in [0.717, 1.165) is 17.0 Å². The number of aryl methyl sites for hydroxylation is 1. The van der Waals surface area contributed by atoms with Gasteiger partial charge in [-0.05, 0) is 62.3 Å². The lowest BCUT2D eigenvalue weighted by Crippen LogP contribution is -2.42. The molecule has 6 rings (SSSR count). The van der Waals surface area contributed by atoms with Gasteiger partial charge in [0.25, 0.3) is 0 Å². The smallest absolute Gasteiger partial charge is 0.342 e. The van der Waals surface area contributed by atoms with Crippen LogP contribution in [0.2, 0.25) is 0 Å². The number of piperidine rings is 1. The van der Waals surface area contributed by atoms with E-state index in [1.54, 1.807) is 13.0 Å². The molecule has 0 unspecified atom stereocenters. The molecule has 2 aromatic heterocycles. The van der Waals surface area contributed by atoms with E-state index in [1.807, 2.05) is 4.90 Å². The fourth-order valence-electron chi connectivity index (χ4n) is 6.41. The summed E-state index contributed by atoms with van der Waals surface area (Å²) < 4.78 is 41.7. The van der Waals surface area contributed by atoms with Crippen molar-refractivity contribution in [2.75, 3.05) is 13.1 Å². The SMILES string of the molecule is Cc1cc2nc(C3CCN(C(=O)[C@@H]4C[C@H]5C=C[C@H]4C54CC4)CC3)cc(C(F)(F)F)n2n1. The molecule has 1 spiro atoms. The highest BCUT2D eigenvalue weighted by atomic mass is 19.4. The lowest BCUT2D eigenvalue weighted by molar-refractivity contribution is -0.142. The molecule has 4 aliphatic rings. The fourth-order valence-corrected chi connectivity index (χ4v) is 6.41. The van der Waals surface area contributed by atoms with Gasteiger partial charge in [-0.1, -0.05) is 12.2 Å². The number of fused-ring (bicyclic) bond motifs is 1. The summed E-state index contributed by atoms with van der Waals surface area (Å²) >= 11 is 0. The first-order valence-corrected chi connectivity index (χ1v) is 11.2. The number of allylic oxidation sites excluding steroid dienone is 2. The number of carbonyl (C=O) groups excluding carboxylic acids is 1.